The van der Waals surface area contributed by atoms with Crippen molar-refractivity contribution in [3.05, 3.63) is 42.5 Å². The molecule has 0 amide bonds. The molecule has 0 atom stereocenters. The van der Waals surface area contributed by atoms with Gasteiger partial charge in [0.1, 0.15) is 0 Å². The molecular formula is C14H18N2. The summed E-state index contributed by atoms with van der Waals surface area (Å²) in [5.41, 5.74) is 1.19. The number of nitrogens with zero attached hydrogens (tertiary/aromatic N) is 1. The maximum absolute atomic E-state index is 3.43. The Morgan fingerprint density at radius 2 is 1.75 bits per heavy atom. The van der Waals surface area contributed by atoms with Crippen LogP contribution < -0.4 is 5.32 Å². The smallest absolute Gasteiger partial charge is 0.0347 e. The molecule has 0 fully saturated rings. The van der Waals surface area contributed by atoms with E-state index in [4.69, 9.17) is 0 Å². The SMILES string of the molecule is CN(C)CCNc1ccc2ccccc2c1. The summed E-state index contributed by atoms with van der Waals surface area (Å²) in [5, 5.41) is 6.01. The number of fused-ring (bicyclic) bond motifs is 1. The highest BCUT2D eigenvalue weighted by Crippen LogP contribution is 2.18. The average Bonchev–Trinajstić information content (AvgIpc) is 2.28. The van der Waals surface area contributed by atoms with Crippen molar-refractivity contribution < 1.29 is 0 Å². The maximum Gasteiger partial charge on any atom is 0.0347 e. The van der Waals surface area contributed by atoms with E-state index in [1.807, 2.05) is 0 Å². The largest absolute Gasteiger partial charge is 0.384 e. The van der Waals surface area contributed by atoms with E-state index in [0.717, 1.165) is 13.1 Å². The predicted octanol–water partition coefficient (Wildman–Crippen LogP) is 2.81. The first-order valence-electron chi connectivity index (χ1n) is 5.63. The fourth-order valence-corrected chi connectivity index (χ4v) is 1.72. The normalized spacial score (nSPS) is 10.9. The summed E-state index contributed by atoms with van der Waals surface area (Å²) in [4.78, 5) is 2.17. The van der Waals surface area contributed by atoms with Crippen molar-refractivity contribution in [1.82, 2.24) is 4.90 Å². The van der Waals surface area contributed by atoms with Crippen LogP contribution in [-0.4, -0.2) is 32.1 Å². The highest BCUT2D eigenvalue weighted by Gasteiger charge is 1.95. The zero-order valence-electron chi connectivity index (χ0n) is 9.90. The Balaban J connectivity index is 2.08. The molecule has 2 aromatic carbocycles. The summed E-state index contributed by atoms with van der Waals surface area (Å²) in [6.45, 7) is 2.03. The molecule has 0 unspecified atom stereocenters. The molecule has 84 valence electrons. The number of nitrogens with one attached hydrogen (secondary N) is 1. The van der Waals surface area contributed by atoms with Crippen LogP contribution in [0.5, 0.6) is 0 Å². The quantitative estimate of drug-likeness (QED) is 0.842. The van der Waals surface area contributed by atoms with Gasteiger partial charge in [-0.2, -0.15) is 0 Å². The Morgan fingerprint density at radius 1 is 1.00 bits per heavy atom. The van der Waals surface area contributed by atoms with Crippen LogP contribution in [0.3, 0.4) is 0 Å². The molecule has 0 aromatic heterocycles. The Bertz CT molecular complexity index is 463. The van der Waals surface area contributed by atoms with Crippen LogP contribution in [-0.2, 0) is 0 Å². The van der Waals surface area contributed by atoms with Gasteiger partial charge in [-0.1, -0.05) is 30.3 Å². The second kappa shape index (κ2) is 4.99. The number of likely N-dealkylation sites (N-methyl/N-ethyl adjacent to an activating group) is 1. The van der Waals surface area contributed by atoms with Gasteiger partial charge in [0, 0.05) is 18.8 Å². The maximum atomic E-state index is 3.43. The van der Waals surface area contributed by atoms with Crippen LogP contribution in [0, 0.1) is 0 Å². The molecule has 0 aliphatic carbocycles. The van der Waals surface area contributed by atoms with Crippen LogP contribution in [0.1, 0.15) is 0 Å². The van der Waals surface area contributed by atoms with Gasteiger partial charge in [0.2, 0.25) is 0 Å². The van der Waals surface area contributed by atoms with E-state index in [2.05, 4.69) is 66.8 Å². The molecule has 2 aromatic rings. The van der Waals surface area contributed by atoms with Gasteiger partial charge < -0.3 is 10.2 Å². The number of hydrogen-bond donors (Lipinski definition) is 1. The predicted molar refractivity (Wildman–Crippen MR) is 71.0 cm³/mol. The molecule has 0 heterocycles. The molecule has 0 spiro atoms. The summed E-state index contributed by atoms with van der Waals surface area (Å²) in [6, 6.07) is 14.9. The van der Waals surface area contributed by atoms with Gasteiger partial charge in [-0.3, -0.25) is 0 Å². The third kappa shape index (κ3) is 2.74. The van der Waals surface area contributed by atoms with Crippen molar-refractivity contribution >= 4 is 16.5 Å². The van der Waals surface area contributed by atoms with E-state index >= 15 is 0 Å². The van der Waals surface area contributed by atoms with E-state index in [-0.39, 0.29) is 0 Å². The van der Waals surface area contributed by atoms with Crippen LogP contribution in [0.25, 0.3) is 10.8 Å². The van der Waals surface area contributed by atoms with Gasteiger partial charge in [0.15, 0.2) is 0 Å². The van der Waals surface area contributed by atoms with Crippen molar-refractivity contribution in [1.29, 1.82) is 0 Å². The minimum atomic E-state index is 0.978. The lowest BCUT2D eigenvalue weighted by Crippen LogP contribution is -2.20. The van der Waals surface area contributed by atoms with Gasteiger partial charge in [0.05, 0.1) is 0 Å². The first-order valence-corrected chi connectivity index (χ1v) is 5.63. The minimum Gasteiger partial charge on any atom is -0.384 e. The van der Waals surface area contributed by atoms with E-state index in [1.165, 1.54) is 16.5 Å². The number of anilines is 1. The van der Waals surface area contributed by atoms with E-state index in [0.29, 0.717) is 0 Å². The summed E-state index contributed by atoms with van der Waals surface area (Å²) in [6.07, 6.45) is 0. The van der Waals surface area contributed by atoms with Crippen molar-refractivity contribution in [3.8, 4) is 0 Å². The van der Waals surface area contributed by atoms with Crippen molar-refractivity contribution in [2.45, 2.75) is 0 Å². The van der Waals surface area contributed by atoms with Crippen molar-refractivity contribution in [3.63, 3.8) is 0 Å². The lowest BCUT2D eigenvalue weighted by Gasteiger charge is -2.11. The topological polar surface area (TPSA) is 15.3 Å². The molecule has 2 nitrogen and oxygen atoms in total. The molecule has 0 aliphatic heterocycles. The molecule has 0 bridgehead atoms. The molecule has 2 rings (SSSR count). The Kier molecular flexibility index (Phi) is 3.42. The van der Waals surface area contributed by atoms with Gasteiger partial charge in [-0.15, -0.1) is 0 Å². The van der Waals surface area contributed by atoms with E-state index in [9.17, 15) is 0 Å². The first kappa shape index (κ1) is 11.0. The molecule has 1 N–H and O–H groups in total. The zero-order chi connectivity index (χ0) is 11.4. The number of rotatable bonds is 4. The molecular weight excluding hydrogens is 196 g/mol. The number of benzene rings is 2. The lowest BCUT2D eigenvalue weighted by atomic mass is 10.1. The van der Waals surface area contributed by atoms with Gasteiger partial charge in [0.25, 0.3) is 0 Å². The zero-order valence-corrected chi connectivity index (χ0v) is 9.90. The third-order valence-corrected chi connectivity index (χ3v) is 2.64. The average molecular weight is 214 g/mol. The molecule has 2 heteroatoms. The number of hydrogen-bond acceptors (Lipinski definition) is 2. The highest BCUT2D eigenvalue weighted by molar-refractivity contribution is 5.85. The Morgan fingerprint density at radius 3 is 2.50 bits per heavy atom. The molecule has 0 aliphatic rings. The fourth-order valence-electron chi connectivity index (χ4n) is 1.72. The second-order valence-electron chi connectivity index (χ2n) is 4.29. The summed E-state index contributed by atoms with van der Waals surface area (Å²) < 4.78 is 0. The summed E-state index contributed by atoms with van der Waals surface area (Å²) in [5.74, 6) is 0. The lowest BCUT2D eigenvalue weighted by molar-refractivity contribution is 0.425. The fraction of sp³-hybridized carbons (Fsp3) is 0.286. The van der Waals surface area contributed by atoms with Crippen LogP contribution in [0.4, 0.5) is 5.69 Å². The highest BCUT2D eigenvalue weighted by atomic mass is 15.1. The second-order valence-corrected chi connectivity index (χ2v) is 4.29. The van der Waals surface area contributed by atoms with Crippen LogP contribution in [0.2, 0.25) is 0 Å². The molecule has 0 saturated heterocycles. The molecule has 16 heavy (non-hydrogen) atoms. The molecule has 0 saturated carbocycles. The summed E-state index contributed by atoms with van der Waals surface area (Å²) in [7, 11) is 4.17. The van der Waals surface area contributed by atoms with E-state index < -0.39 is 0 Å². The van der Waals surface area contributed by atoms with Gasteiger partial charge >= 0.3 is 0 Å². The minimum absolute atomic E-state index is 0.978. The summed E-state index contributed by atoms with van der Waals surface area (Å²) >= 11 is 0. The van der Waals surface area contributed by atoms with Crippen LogP contribution >= 0.6 is 0 Å². The monoisotopic (exact) mass is 214 g/mol. The van der Waals surface area contributed by atoms with E-state index in [1.54, 1.807) is 0 Å². The molecule has 0 radical (unpaired) electrons. The first-order chi connectivity index (χ1) is 7.75. The van der Waals surface area contributed by atoms with Crippen LogP contribution in [0.15, 0.2) is 42.5 Å². The Labute approximate surface area is 96.9 Å². The van der Waals surface area contributed by atoms with Gasteiger partial charge in [-0.25, -0.2) is 0 Å². The van der Waals surface area contributed by atoms with Crippen molar-refractivity contribution in [2.75, 3.05) is 32.5 Å². The third-order valence-electron chi connectivity index (χ3n) is 2.64. The van der Waals surface area contributed by atoms with Crippen molar-refractivity contribution in [2.24, 2.45) is 0 Å². The Hall–Kier alpha value is -1.54. The van der Waals surface area contributed by atoms with Gasteiger partial charge in [-0.05, 0) is 37.0 Å². The standard InChI is InChI=1S/C14H18N2/c1-16(2)10-9-15-14-8-7-12-5-3-4-6-13(12)11-14/h3-8,11,15H,9-10H2,1-2H3.